The summed E-state index contributed by atoms with van der Waals surface area (Å²) < 4.78 is 23.0. The number of carboxylic acid groups (broad SMARTS) is 1. The lowest BCUT2D eigenvalue weighted by Gasteiger charge is -2.38. The van der Waals surface area contributed by atoms with Crippen LogP contribution in [-0.4, -0.2) is 42.1 Å². The standard InChI is InChI=1S/C23H27FN2O7/c1-4-32-19(27)17(20(28)33-5-2)13-25-26-21(29)23(22(30)31)11-10-14(3)12-18(23)15-6-8-16(24)9-7-15/h6-10,13,18,25H,4-5,11-12H2,1-3H3,(H,26,29)(H,30,31). The third-order valence-corrected chi connectivity index (χ3v) is 5.35. The van der Waals surface area contributed by atoms with Crippen molar-refractivity contribution in [3.05, 3.63) is 59.1 Å². The molecule has 1 aromatic carbocycles. The molecule has 2 rings (SSSR count). The Balaban J connectivity index is 2.34. The van der Waals surface area contributed by atoms with E-state index < -0.39 is 46.5 Å². The van der Waals surface area contributed by atoms with E-state index in [1.54, 1.807) is 19.9 Å². The number of carbonyl (C=O) groups is 4. The first kappa shape index (κ1) is 25.6. The highest BCUT2D eigenvalue weighted by atomic mass is 19.1. The Labute approximate surface area is 190 Å². The van der Waals surface area contributed by atoms with Crippen molar-refractivity contribution in [2.45, 2.75) is 39.5 Å². The number of carboxylic acids is 1. The van der Waals surface area contributed by atoms with Crippen LogP contribution >= 0.6 is 0 Å². The SMILES string of the molecule is CCOC(=O)C(=CNNC(=O)C1(C(=O)O)CC=C(C)CC1c1ccc(F)cc1)C(=O)OCC. The average molecular weight is 462 g/mol. The number of nitrogens with one attached hydrogen (secondary N) is 2. The predicted molar refractivity (Wildman–Crippen MR) is 115 cm³/mol. The maximum absolute atomic E-state index is 13.4. The topological polar surface area (TPSA) is 131 Å². The smallest absolute Gasteiger partial charge is 0.347 e. The minimum Gasteiger partial charge on any atom is -0.480 e. The Morgan fingerprint density at radius 2 is 1.70 bits per heavy atom. The molecule has 0 bridgehead atoms. The van der Waals surface area contributed by atoms with Crippen LogP contribution in [-0.2, 0) is 28.7 Å². The van der Waals surface area contributed by atoms with Crippen LogP contribution in [0.25, 0.3) is 0 Å². The van der Waals surface area contributed by atoms with Crippen LogP contribution in [0, 0.1) is 11.2 Å². The number of aliphatic carboxylic acids is 1. The van der Waals surface area contributed by atoms with Gasteiger partial charge in [-0.05, 0) is 51.3 Å². The summed E-state index contributed by atoms with van der Waals surface area (Å²) in [7, 11) is 0. The second-order valence-electron chi connectivity index (χ2n) is 7.44. The molecule has 10 heteroatoms. The maximum Gasteiger partial charge on any atom is 0.347 e. The van der Waals surface area contributed by atoms with Crippen molar-refractivity contribution >= 4 is 23.8 Å². The molecule has 1 aromatic rings. The van der Waals surface area contributed by atoms with E-state index in [1.807, 2.05) is 6.92 Å². The van der Waals surface area contributed by atoms with Gasteiger partial charge in [0.1, 0.15) is 5.82 Å². The molecule has 0 radical (unpaired) electrons. The first-order chi connectivity index (χ1) is 15.7. The fourth-order valence-electron chi connectivity index (χ4n) is 3.64. The van der Waals surface area contributed by atoms with E-state index in [-0.39, 0.29) is 26.1 Å². The fourth-order valence-corrected chi connectivity index (χ4v) is 3.64. The van der Waals surface area contributed by atoms with Gasteiger partial charge >= 0.3 is 17.9 Å². The lowest BCUT2D eigenvalue weighted by molar-refractivity contribution is -0.158. The molecule has 2 unspecified atom stereocenters. The quantitative estimate of drug-likeness (QED) is 0.127. The number of amides is 1. The molecule has 2 atom stereocenters. The molecule has 1 aliphatic rings. The van der Waals surface area contributed by atoms with Crippen molar-refractivity contribution in [3.63, 3.8) is 0 Å². The summed E-state index contributed by atoms with van der Waals surface area (Å²) in [6.07, 6.45) is 2.74. The van der Waals surface area contributed by atoms with Gasteiger partial charge in [0.25, 0.3) is 5.91 Å². The summed E-state index contributed by atoms with van der Waals surface area (Å²) in [5.74, 6) is -5.45. The molecule has 1 aliphatic carbocycles. The molecule has 3 N–H and O–H groups in total. The van der Waals surface area contributed by atoms with Gasteiger partial charge in [0.15, 0.2) is 11.0 Å². The molecular formula is C23H27FN2O7. The lowest BCUT2D eigenvalue weighted by Crippen LogP contribution is -2.54. The highest BCUT2D eigenvalue weighted by Crippen LogP contribution is 2.47. The van der Waals surface area contributed by atoms with E-state index in [4.69, 9.17) is 9.47 Å². The second-order valence-corrected chi connectivity index (χ2v) is 7.44. The van der Waals surface area contributed by atoms with E-state index in [0.717, 1.165) is 11.8 Å². The predicted octanol–water partition coefficient (Wildman–Crippen LogP) is 2.35. The fraction of sp³-hybridized carbons (Fsp3) is 0.391. The number of esters is 2. The summed E-state index contributed by atoms with van der Waals surface area (Å²) in [6, 6.07) is 5.33. The van der Waals surface area contributed by atoms with Crippen molar-refractivity contribution in [2.75, 3.05) is 13.2 Å². The summed E-state index contributed by atoms with van der Waals surface area (Å²) in [6.45, 7) is 4.96. The first-order valence-electron chi connectivity index (χ1n) is 10.4. The van der Waals surface area contributed by atoms with Crippen molar-refractivity contribution in [1.29, 1.82) is 0 Å². The second kappa shape index (κ2) is 11.3. The zero-order chi connectivity index (χ0) is 24.6. The van der Waals surface area contributed by atoms with Crippen molar-refractivity contribution < 1.29 is 38.1 Å². The van der Waals surface area contributed by atoms with Crippen LogP contribution in [0.1, 0.15) is 45.1 Å². The summed E-state index contributed by atoms with van der Waals surface area (Å²) in [5, 5.41) is 10.1. The van der Waals surface area contributed by atoms with E-state index >= 15 is 0 Å². The number of hydrogen-bond donors (Lipinski definition) is 3. The van der Waals surface area contributed by atoms with Gasteiger partial charge in [0.05, 0.1) is 13.2 Å². The lowest BCUT2D eigenvalue weighted by atomic mass is 9.64. The van der Waals surface area contributed by atoms with E-state index in [2.05, 4.69) is 10.9 Å². The highest BCUT2D eigenvalue weighted by molar-refractivity contribution is 6.14. The molecule has 0 heterocycles. The third-order valence-electron chi connectivity index (χ3n) is 5.35. The van der Waals surface area contributed by atoms with E-state index in [9.17, 15) is 28.7 Å². The Morgan fingerprint density at radius 1 is 1.12 bits per heavy atom. The van der Waals surface area contributed by atoms with E-state index in [1.165, 1.54) is 24.3 Å². The van der Waals surface area contributed by atoms with Crippen molar-refractivity contribution in [1.82, 2.24) is 10.9 Å². The molecule has 178 valence electrons. The summed E-state index contributed by atoms with van der Waals surface area (Å²) in [5.41, 5.74) is 3.57. The van der Waals surface area contributed by atoms with Crippen LogP contribution in [0.4, 0.5) is 4.39 Å². The first-order valence-corrected chi connectivity index (χ1v) is 10.4. The Hall–Kier alpha value is -3.69. The van der Waals surface area contributed by atoms with Gasteiger partial charge in [-0.2, -0.15) is 0 Å². The largest absolute Gasteiger partial charge is 0.480 e. The number of ether oxygens (including phenoxy) is 2. The van der Waals surface area contributed by atoms with Crippen LogP contribution in [0.15, 0.2) is 47.7 Å². The third kappa shape index (κ3) is 5.76. The number of halogens is 1. The summed E-state index contributed by atoms with van der Waals surface area (Å²) >= 11 is 0. The molecule has 1 amide bonds. The number of benzene rings is 1. The number of carbonyl (C=O) groups excluding carboxylic acids is 3. The van der Waals surface area contributed by atoms with Gasteiger partial charge in [-0.15, -0.1) is 0 Å². The van der Waals surface area contributed by atoms with Crippen LogP contribution in [0.2, 0.25) is 0 Å². The molecule has 0 saturated carbocycles. The molecule has 0 aliphatic heterocycles. The number of rotatable bonds is 9. The molecular weight excluding hydrogens is 435 g/mol. The number of hydrazine groups is 1. The molecule has 33 heavy (non-hydrogen) atoms. The molecule has 0 fully saturated rings. The van der Waals surface area contributed by atoms with Gasteiger partial charge in [0, 0.05) is 12.1 Å². The molecule has 0 saturated heterocycles. The van der Waals surface area contributed by atoms with Gasteiger partial charge in [-0.3, -0.25) is 15.0 Å². The van der Waals surface area contributed by atoms with Crippen LogP contribution in [0.5, 0.6) is 0 Å². The average Bonchev–Trinajstić information content (AvgIpc) is 2.77. The minimum absolute atomic E-state index is 0.00903. The zero-order valence-electron chi connectivity index (χ0n) is 18.6. The summed E-state index contributed by atoms with van der Waals surface area (Å²) in [4.78, 5) is 49.6. The zero-order valence-corrected chi connectivity index (χ0v) is 18.6. The Morgan fingerprint density at radius 3 is 2.21 bits per heavy atom. The normalized spacial score (nSPS) is 19.5. The molecule has 0 spiro atoms. The Kier molecular flexibility index (Phi) is 8.72. The monoisotopic (exact) mass is 462 g/mol. The van der Waals surface area contributed by atoms with E-state index in [0.29, 0.717) is 5.56 Å². The van der Waals surface area contributed by atoms with Crippen LogP contribution < -0.4 is 10.9 Å². The molecule has 9 nitrogen and oxygen atoms in total. The molecule has 0 aromatic heterocycles. The minimum atomic E-state index is -1.91. The van der Waals surface area contributed by atoms with Crippen molar-refractivity contribution in [3.8, 4) is 0 Å². The number of hydrogen-bond acceptors (Lipinski definition) is 7. The van der Waals surface area contributed by atoms with Crippen molar-refractivity contribution in [2.24, 2.45) is 5.41 Å². The maximum atomic E-state index is 13.4. The van der Waals surface area contributed by atoms with Crippen LogP contribution in [0.3, 0.4) is 0 Å². The Bertz CT molecular complexity index is 952. The van der Waals surface area contributed by atoms with Gasteiger partial charge in [-0.1, -0.05) is 23.8 Å². The van der Waals surface area contributed by atoms with Gasteiger partial charge in [-0.25, -0.2) is 14.0 Å². The van der Waals surface area contributed by atoms with Gasteiger partial charge < -0.3 is 20.0 Å². The van der Waals surface area contributed by atoms with Gasteiger partial charge in [0.2, 0.25) is 0 Å². The highest BCUT2D eigenvalue weighted by Gasteiger charge is 2.53. The number of allylic oxidation sites excluding steroid dienone is 2.